The Labute approximate surface area is 173 Å². The fraction of sp³-hybridized carbons (Fsp3) is 0.318. The van der Waals surface area contributed by atoms with Gasteiger partial charge in [0.25, 0.3) is 5.91 Å². The van der Waals surface area contributed by atoms with Gasteiger partial charge in [0.1, 0.15) is 12.3 Å². The van der Waals surface area contributed by atoms with Crippen LogP contribution in [0.5, 0.6) is 5.75 Å². The second-order valence-electron chi connectivity index (χ2n) is 7.26. The number of nitrogens with one attached hydrogen (secondary N) is 1. The number of fused-ring (bicyclic) bond motifs is 1. The molecule has 1 aliphatic rings. The average Bonchev–Trinajstić information content (AvgIpc) is 3.40. The van der Waals surface area contributed by atoms with E-state index >= 15 is 0 Å². The first-order chi connectivity index (χ1) is 14.5. The number of likely N-dealkylation sites (tertiary alicyclic amines) is 1. The van der Waals surface area contributed by atoms with E-state index in [0.717, 1.165) is 37.2 Å². The second-order valence-corrected chi connectivity index (χ2v) is 7.26. The lowest BCUT2D eigenvalue weighted by molar-refractivity contribution is -0.121. The van der Waals surface area contributed by atoms with E-state index in [-0.39, 0.29) is 18.4 Å². The molecular formula is C22H23N3O5. The number of methoxy groups -OCH3 is 1. The van der Waals surface area contributed by atoms with Gasteiger partial charge < -0.3 is 19.4 Å². The summed E-state index contributed by atoms with van der Waals surface area (Å²) < 4.78 is 11.6. The lowest BCUT2D eigenvalue weighted by Crippen LogP contribution is -2.30. The van der Waals surface area contributed by atoms with Crippen molar-refractivity contribution in [1.82, 2.24) is 14.8 Å². The van der Waals surface area contributed by atoms with E-state index in [1.54, 1.807) is 30.2 Å². The standard InChI is InChI=1S/C22H23N3O5/c1-29-17-7-4-15(5-8-17)13-23-20(26)14-25-18-12-16(6-9-19(18)30-22(25)28)21(27)24-10-2-3-11-24/h4-9,12H,2-3,10-11,13-14H2,1H3,(H,23,26). The number of nitrogens with zero attached hydrogens (tertiary/aromatic N) is 2. The third-order valence-electron chi connectivity index (χ3n) is 5.26. The number of benzene rings is 2. The molecule has 1 N–H and O–H groups in total. The summed E-state index contributed by atoms with van der Waals surface area (Å²) in [6.45, 7) is 1.61. The summed E-state index contributed by atoms with van der Waals surface area (Å²) >= 11 is 0. The van der Waals surface area contributed by atoms with Gasteiger partial charge in [0.15, 0.2) is 5.58 Å². The summed E-state index contributed by atoms with van der Waals surface area (Å²) in [7, 11) is 1.59. The first-order valence-electron chi connectivity index (χ1n) is 9.87. The number of carbonyl (C=O) groups excluding carboxylic acids is 2. The molecule has 4 rings (SSSR count). The highest BCUT2D eigenvalue weighted by atomic mass is 16.5. The Morgan fingerprint density at radius 3 is 2.53 bits per heavy atom. The van der Waals surface area contributed by atoms with Crippen molar-refractivity contribution in [3.63, 3.8) is 0 Å². The number of carbonyl (C=O) groups is 2. The lowest BCUT2D eigenvalue weighted by Gasteiger charge is -2.15. The Balaban J connectivity index is 1.48. The number of aromatic nitrogens is 1. The Kier molecular flexibility index (Phi) is 5.56. The van der Waals surface area contributed by atoms with Gasteiger partial charge in [-0.05, 0) is 48.7 Å². The maximum atomic E-state index is 12.7. The molecule has 2 amide bonds. The molecule has 1 aromatic heterocycles. The van der Waals surface area contributed by atoms with Gasteiger partial charge in [-0.2, -0.15) is 0 Å². The van der Waals surface area contributed by atoms with Crippen LogP contribution in [-0.4, -0.2) is 41.5 Å². The molecule has 1 saturated heterocycles. The van der Waals surface area contributed by atoms with E-state index in [9.17, 15) is 14.4 Å². The summed E-state index contributed by atoms with van der Waals surface area (Å²) in [6.07, 6.45) is 2.00. The van der Waals surface area contributed by atoms with Crippen LogP contribution in [0.25, 0.3) is 11.1 Å². The van der Waals surface area contributed by atoms with Crippen LogP contribution in [0, 0.1) is 0 Å². The number of ether oxygens (including phenoxy) is 1. The first-order valence-corrected chi connectivity index (χ1v) is 9.87. The minimum absolute atomic E-state index is 0.0708. The molecule has 2 aromatic carbocycles. The van der Waals surface area contributed by atoms with E-state index < -0.39 is 5.76 Å². The topological polar surface area (TPSA) is 93.8 Å². The highest BCUT2D eigenvalue weighted by molar-refractivity contribution is 5.97. The molecule has 0 bridgehead atoms. The van der Waals surface area contributed by atoms with E-state index in [1.165, 1.54) is 4.57 Å². The van der Waals surface area contributed by atoms with Gasteiger partial charge in [-0.1, -0.05) is 12.1 Å². The number of hydrogen-bond acceptors (Lipinski definition) is 5. The molecule has 0 saturated carbocycles. The van der Waals surface area contributed by atoms with Crippen LogP contribution < -0.4 is 15.8 Å². The maximum absolute atomic E-state index is 12.7. The van der Waals surface area contributed by atoms with Gasteiger partial charge >= 0.3 is 5.76 Å². The minimum Gasteiger partial charge on any atom is -0.497 e. The molecule has 0 aliphatic carbocycles. The molecule has 0 atom stereocenters. The Bertz CT molecular complexity index is 1120. The quantitative estimate of drug-likeness (QED) is 0.673. The van der Waals surface area contributed by atoms with E-state index in [2.05, 4.69) is 5.32 Å². The number of hydrogen-bond donors (Lipinski definition) is 1. The van der Waals surface area contributed by atoms with Crippen molar-refractivity contribution in [2.45, 2.75) is 25.9 Å². The summed E-state index contributed by atoms with van der Waals surface area (Å²) in [5.41, 5.74) is 2.18. The molecular weight excluding hydrogens is 386 g/mol. The van der Waals surface area contributed by atoms with Crippen LogP contribution >= 0.6 is 0 Å². The molecule has 8 heteroatoms. The summed E-state index contributed by atoms with van der Waals surface area (Å²) in [4.78, 5) is 39.1. The normalized spacial score (nSPS) is 13.6. The Morgan fingerprint density at radius 1 is 1.10 bits per heavy atom. The first kappa shape index (κ1) is 19.8. The van der Waals surface area contributed by atoms with Gasteiger partial charge in [0.2, 0.25) is 5.91 Å². The molecule has 1 fully saturated rings. The molecule has 3 aromatic rings. The van der Waals surface area contributed by atoms with Crippen molar-refractivity contribution in [3.05, 3.63) is 64.1 Å². The highest BCUT2D eigenvalue weighted by Gasteiger charge is 2.21. The van der Waals surface area contributed by atoms with Crippen molar-refractivity contribution in [2.75, 3.05) is 20.2 Å². The number of oxazole rings is 1. The monoisotopic (exact) mass is 409 g/mol. The number of amides is 2. The van der Waals surface area contributed by atoms with Gasteiger partial charge in [-0.25, -0.2) is 4.79 Å². The molecule has 8 nitrogen and oxygen atoms in total. The predicted molar refractivity (Wildman–Crippen MR) is 110 cm³/mol. The summed E-state index contributed by atoms with van der Waals surface area (Å²) in [6, 6.07) is 12.2. The second kappa shape index (κ2) is 8.44. The SMILES string of the molecule is COc1ccc(CNC(=O)Cn2c(=O)oc3ccc(C(=O)N4CCCC4)cc32)cc1. The zero-order valence-corrected chi connectivity index (χ0v) is 16.7. The summed E-state index contributed by atoms with van der Waals surface area (Å²) in [5, 5.41) is 2.79. The van der Waals surface area contributed by atoms with E-state index in [4.69, 9.17) is 9.15 Å². The maximum Gasteiger partial charge on any atom is 0.420 e. The Hall–Kier alpha value is -3.55. The molecule has 1 aliphatic heterocycles. The van der Waals surface area contributed by atoms with E-state index in [0.29, 0.717) is 23.2 Å². The zero-order chi connectivity index (χ0) is 21.1. The van der Waals surface area contributed by atoms with Crippen LogP contribution in [0.15, 0.2) is 51.7 Å². The molecule has 30 heavy (non-hydrogen) atoms. The summed E-state index contributed by atoms with van der Waals surface area (Å²) in [5.74, 6) is -0.290. The molecule has 0 unspecified atom stereocenters. The molecule has 156 valence electrons. The third-order valence-corrected chi connectivity index (χ3v) is 5.26. The molecule has 0 radical (unpaired) electrons. The van der Waals surface area contributed by atoms with Crippen molar-refractivity contribution in [2.24, 2.45) is 0 Å². The van der Waals surface area contributed by atoms with Crippen molar-refractivity contribution in [3.8, 4) is 5.75 Å². The highest BCUT2D eigenvalue weighted by Crippen LogP contribution is 2.19. The Morgan fingerprint density at radius 2 is 1.83 bits per heavy atom. The minimum atomic E-state index is -0.629. The van der Waals surface area contributed by atoms with Crippen LogP contribution in [0.1, 0.15) is 28.8 Å². The smallest absolute Gasteiger partial charge is 0.420 e. The third kappa shape index (κ3) is 4.07. The van der Waals surface area contributed by atoms with Crippen molar-refractivity contribution < 1.29 is 18.7 Å². The molecule has 0 spiro atoms. The van der Waals surface area contributed by atoms with Crippen LogP contribution in [0.4, 0.5) is 0 Å². The lowest BCUT2D eigenvalue weighted by atomic mass is 10.2. The van der Waals surface area contributed by atoms with Crippen molar-refractivity contribution in [1.29, 1.82) is 0 Å². The van der Waals surface area contributed by atoms with Crippen LogP contribution in [-0.2, 0) is 17.9 Å². The fourth-order valence-electron chi connectivity index (χ4n) is 3.59. The number of rotatable bonds is 6. The van der Waals surface area contributed by atoms with Gasteiger partial charge in [0.05, 0.1) is 12.6 Å². The fourth-order valence-corrected chi connectivity index (χ4v) is 3.59. The van der Waals surface area contributed by atoms with E-state index in [1.807, 2.05) is 24.3 Å². The predicted octanol–water partition coefficient (Wildman–Crippen LogP) is 2.16. The van der Waals surface area contributed by atoms with Crippen molar-refractivity contribution >= 4 is 22.9 Å². The molecule has 2 heterocycles. The van der Waals surface area contributed by atoms with Crippen LogP contribution in [0.3, 0.4) is 0 Å². The average molecular weight is 409 g/mol. The van der Waals surface area contributed by atoms with Crippen LogP contribution in [0.2, 0.25) is 0 Å². The van der Waals surface area contributed by atoms with Gasteiger partial charge in [-0.15, -0.1) is 0 Å². The van der Waals surface area contributed by atoms with Gasteiger partial charge in [0, 0.05) is 25.2 Å². The van der Waals surface area contributed by atoms with Gasteiger partial charge in [-0.3, -0.25) is 14.2 Å². The largest absolute Gasteiger partial charge is 0.497 e. The zero-order valence-electron chi connectivity index (χ0n) is 16.7.